The predicted octanol–water partition coefficient (Wildman–Crippen LogP) is 1.16. The van der Waals surface area contributed by atoms with Crippen molar-refractivity contribution < 1.29 is 14.6 Å². The molecule has 0 radical (unpaired) electrons. The number of benzene rings is 1. The minimum Gasteiger partial charge on any atom is -0.487 e. The van der Waals surface area contributed by atoms with E-state index in [4.69, 9.17) is 4.74 Å². The predicted molar refractivity (Wildman–Crippen MR) is 86.1 cm³/mol. The van der Waals surface area contributed by atoms with Gasteiger partial charge in [-0.05, 0) is 26.0 Å². The number of carboxylic acid groups (broad SMARTS) is 1. The molecule has 0 aliphatic carbocycles. The number of carbonyl (C=O) groups is 1. The van der Waals surface area contributed by atoms with Crippen LogP contribution in [0.25, 0.3) is 0 Å². The van der Waals surface area contributed by atoms with Gasteiger partial charge in [-0.2, -0.15) is 0 Å². The Balaban J connectivity index is 2.03. The molecule has 0 bridgehead atoms. The Bertz CT molecular complexity index is 558. The molecule has 22 heavy (non-hydrogen) atoms. The van der Waals surface area contributed by atoms with E-state index in [9.17, 15) is 9.90 Å². The van der Waals surface area contributed by atoms with Crippen molar-refractivity contribution in [3.05, 3.63) is 18.2 Å². The summed E-state index contributed by atoms with van der Waals surface area (Å²) >= 11 is 0. The normalized spacial score (nSPS) is 22.7. The van der Waals surface area contributed by atoms with Crippen molar-refractivity contribution in [1.82, 2.24) is 5.32 Å². The van der Waals surface area contributed by atoms with Crippen LogP contribution in [0.15, 0.2) is 18.2 Å². The zero-order chi connectivity index (χ0) is 15.7. The summed E-state index contributed by atoms with van der Waals surface area (Å²) in [5.74, 6) is -0.0296. The first-order valence-electron chi connectivity index (χ1n) is 7.82. The van der Waals surface area contributed by atoms with E-state index in [0.29, 0.717) is 6.54 Å². The molecule has 0 aromatic heterocycles. The second kappa shape index (κ2) is 6.04. The van der Waals surface area contributed by atoms with Crippen molar-refractivity contribution in [3.63, 3.8) is 0 Å². The summed E-state index contributed by atoms with van der Waals surface area (Å²) in [4.78, 5) is 15.8. The molecule has 3 rings (SSSR count). The minimum absolute atomic E-state index is 0.0208. The van der Waals surface area contributed by atoms with Crippen molar-refractivity contribution in [3.8, 4) is 5.75 Å². The van der Waals surface area contributed by atoms with Crippen LogP contribution >= 0.6 is 0 Å². The highest BCUT2D eigenvalue weighted by molar-refractivity contribution is 5.85. The molecule has 0 saturated carbocycles. The van der Waals surface area contributed by atoms with Crippen molar-refractivity contribution in [1.29, 1.82) is 0 Å². The molecule has 2 heterocycles. The third-order valence-electron chi connectivity index (χ3n) is 4.33. The molecule has 0 spiro atoms. The standard InChI is InChI=1S/C16H23N3O3/c1-11-10-19(12(2)16(20)21)15-13(4-3-5-14(15)22-11)18-8-6-17-7-9-18/h3-5,11-12,17H,6-10H2,1-2H3,(H,20,21). The summed E-state index contributed by atoms with van der Waals surface area (Å²) < 4.78 is 5.95. The van der Waals surface area contributed by atoms with Crippen LogP contribution in [0, 0.1) is 0 Å². The average molecular weight is 305 g/mol. The van der Waals surface area contributed by atoms with Gasteiger partial charge < -0.3 is 25.0 Å². The van der Waals surface area contributed by atoms with Crippen molar-refractivity contribution in [2.45, 2.75) is 26.0 Å². The van der Waals surface area contributed by atoms with Gasteiger partial charge in [-0.25, -0.2) is 4.79 Å². The van der Waals surface area contributed by atoms with Crippen LogP contribution in [-0.2, 0) is 4.79 Å². The Morgan fingerprint density at radius 2 is 2.14 bits per heavy atom. The van der Waals surface area contributed by atoms with E-state index in [-0.39, 0.29) is 6.10 Å². The smallest absolute Gasteiger partial charge is 0.326 e. The van der Waals surface area contributed by atoms with Crippen molar-refractivity contribution >= 4 is 17.3 Å². The lowest BCUT2D eigenvalue weighted by molar-refractivity contribution is -0.138. The molecular formula is C16H23N3O3. The van der Waals surface area contributed by atoms with Gasteiger partial charge in [0.1, 0.15) is 23.6 Å². The monoisotopic (exact) mass is 305 g/mol. The zero-order valence-electron chi connectivity index (χ0n) is 13.1. The maximum atomic E-state index is 11.5. The molecule has 2 N–H and O–H groups in total. The second-order valence-corrected chi connectivity index (χ2v) is 5.96. The van der Waals surface area contributed by atoms with Gasteiger partial charge in [0.05, 0.1) is 12.2 Å². The number of nitrogens with zero attached hydrogens (tertiary/aromatic N) is 2. The minimum atomic E-state index is -0.810. The highest BCUT2D eigenvalue weighted by Crippen LogP contribution is 2.42. The molecule has 1 aromatic carbocycles. The van der Waals surface area contributed by atoms with Gasteiger partial charge in [-0.3, -0.25) is 0 Å². The molecular weight excluding hydrogens is 282 g/mol. The number of para-hydroxylation sites is 1. The summed E-state index contributed by atoms with van der Waals surface area (Å²) in [7, 11) is 0. The van der Waals surface area contributed by atoms with Crippen LogP contribution < -0.4 is 19.9 Å². The molecule has 2 unspecified atom stereocenters. The average Bonchev–Trinajstić information content (AvgIpc) is 2.53. The summed E-state index contributed by atoms with van der Waals surface area (Å²) in [5, 5.41) is 12.8. The van der Waals surface area contributed by atoms with E-state index in [1.54, 1.807) is 6.92 Å². The third kappa shape index (κ3) is 2.70. The number of carboxylic acids is 1. The summed E-state index contributed by atoms with van der Waals surface area (Å²) in [5.41, 5.74) is 1.98. The molecule has 2 aliphatic rings. The number of anilines is 2. The Hall–Kier alpha value is -1.95. The first-order chi connectivity index (χ1) is 10.6. The lowest BCUT2D eigenvalue weighted by Gasteiger charge is -2.41. The van der Waals surface area contributed by atoms with E-state index < -0.39 is 12.0 Å². The van der Waals surface area contributed by atoms with Crippen LogP contribution in [0.4, 0.5) is 11.4 Å². The SMILES string of the molecule is CC1CN(C(C)C(=O)O)c2c(cccc2N2CCNCC2)O1. The fraction of sp³-hybridized carbons (Fsp3) is 0.562. The first-order valence-corrected chi connectivity index (χ1v) is 7.82. The van der Waals surface area contributed by atoms with Gasteiger partial charge in [0, 0.05) is 26.2 Å². The number of hydrogen-bond donors (Lipinski definition) is 2. The lowest BCUT2D eigenvalue weighted by atomic mass is 10.1. The van der Waals surface area contributed by atoms with Crippen molar-refractivity contribution in [2.75, 3.05) is 42.5 Å². The number of hydrogen-bond acceptors (Lipinski definition) is 5. The quantitative estimate of drug-likeness (QED) is 0.873. The first kappa shape index (κ1) is 15.0. The summed E-state index contributed by atoms with van der Waals surface area (Å²) in [6.45, 7) is 8.01. The molecule has 1 fully saturated rings. The molecule has 120 valence electrons. The van der Waals surface area contributed by atoms with Gasteiger partial charge >= 0.3 is 5.97 Å². The molecule has 2 aliphatic heterocycles. The molecule has 6 nitrogen and oxygen atoms in total. The van der Waals surface area contributed by atoms with Gasteiger partial charge in [0.25, 0.3) is 0 Å². The third-order valence-corrected chi connectivity index (χ3v) is 4.33. The lowest BCUT2D eigenvalue weighted by Crippen LogP contribution is -2.49. The van der Waals surface area contributed by atoms with Gasteiger partial charge in [-0.15, -0.1) is 0 Å². The van der Waals surface area contributed by atoms with E-state index >= 15 is 0 Å². The van der Waals surface area contributed by atoms with E-state index in [2.05, 4.69) is 16.3 Å². The van der Waals surface area contributed by atoms with E-state index in [1.807, 2.05) is 24.0 Å². The second-order valence-electron chi connectivity index (χ2n) is 5.96. The largest absolute Gasteiger partial charge is 0.487 e. The van der Waals surface area contributed by atoms with Gasteiger partial charge in [-0.1, -0.05) is 6.07 Å². The number of ether oxygens (including phenoxy) is 1. The topological polar surface area (TPSA) is 65.0 Å². The number of rotatable bonds is 3. The Labute approximate surface area is 130 Å². The molecule has 1 saturated heterocycles. The molecule has 6 heteroatoms. The van der Waals surface area contributed by atoms with Gasteiger partial charge in [0.2, 0.25) is 0 Å². The maximum Gasteiger partial charge on any atom is 0.326 e. The highest BCUT2D eigenvalue weighted by Gasteiger charge is 2.33. The van der Waals surface area contributed by atoms with Crippen LogP contribution in [0.1, 0.15) is 13.8 Å². The molecule has 1 aromatic rings. The van der Waals surface area contributed by atoms with E-state index in [0.717, 1.165) is 43.3 Å². The Morgan fingerprint density at radius 3 is 2.82 bits per heavy atom. The fourth-order valence-corrected chi connectivity index (χ4v) is 3.16. The molecule has 2 atom stereocenters. The number of piperazine rings is 1. The number of nitrogens with one attached hydrogen (secondary N) is 1. The van der Waals surface area contributed by atoms with Crippen molar-refractivity contribution in [2.24, 2.45) is 0 Å². The highest BCUT2D eigenvalue weighted by atomic mass is 16.5. The Morgan fingerprint density at radius 1 is 1.41 bits per heavy atom. The van der Waals surface area contributed by atoms with Crippen LogP contribution in [0.2, 0.25) is 0 Å². The maximum absolute atomic E-state index is 11.5. The number of fused-ring (bicyclic) bond motifs is 1. The van der Waals surface area contributed by atoms with Gasteiger partial charge in [0.15, 0.2) is 0 Å². The zero-order valence-corrected chi connectivity index (χ0v) is 13.1. The summed E-state index contributed by atoms with van der Waals surface area (Å²) in [6.07, 6.45) is -0.0208. The van der Waals surface area contributed by atoms with Crippen LogP contribution in [0.3, 0.4) is 0 Å². The number of aliphatic carboxylic acids is 1. The Kier molecular flexibility index (Phi) is 4.11. The fourth-order valence-electron chi connectivity index (χ4n) is 3.16. The van der Waals surface area contributed by atoms with Crippen LogP contribution in [-0.4, -0.2) is 55.9 Å². The van der Waals surface area contributed by atoms with E-state index in [1.165, 1.54) is 0 Å². The van der Waals surface area contributed by atoms with Crippen LogP contribution in [0.5, 0.6) is 5.75 Å². The molecule has 0 amide bonds. The summed E-state index contributed by atoms with van der Waals surface area (Å²) in [6, 6.07) is 5.40.